The van der Waals surface area contributed by atoms with Crippen molar-refractivity contribution in [3.8, 4) is 0 Å². The molecule has 136 valence electrons. The van der Waals surface area contributed by atoms with Crippen molar-refractivity contribution in [2.75, 3.05) is 0 Å². The molecule has 8 heteroatoms. The zero-order valence-electron chi connectivity index (χ0n) is 14.6. The standard InChI is InChI=1S/C18H18ClN3O3S/c1-10(2)16(12-4-6-13(19)7-5-12)17(24)25-9-14-21-22-15(23)8-11(3)20-18(22)26-14/h4-8,10,16H,9H2,1-3H3/t16-/m0/s1. The highest BCUT2D eigenvalue weighted by Gasteiger charge is 2.26. The summed E-state index contributed by atoms with van der Waals surface area (Å²) >= 11 is 7.15. The van der Waals surface area contributed by atoms with Gasteiger partial charge >= 0.3 is 5.97 Å². The van der Waals surface area contributed by atoms with Crippen LogP contribution >= 0.6 is 22.9 Å². The van der Waals surface area contributed by atoms with Crippen LogP contribution < -0.4 is 5.56 Å². The molecule has 0 radical (unpaired) electrons. The van der Waals surface area contributed by atoms with Gasteiger partial charge in [0.1, 0.15) is 6.61 Å². The average Bonchev–Trinajstić information content (AvgIpc) is 2.98. The van der Waals surface area contributed by atoms with E-state index in [1.165, 1.54) is 21.9 Å². The zero-order chi connectivity index (χ0) is 18.8. The monoisotopic (exact) mass is 391 g/mol. The number of aryl methyl sites for hydroxylation is 1. The molecular weight excluding hydrogens is 374 g/mol. The van der Waals surface area contributed by atoms with Gasteiger partial charge in [-0.15, -0.1) is 0 Å². The van der Waals surface area contributed by atoms with E-state index in [-0.39, 0.29) is 24.1 Å². The summed E-state index contributed by atoms with van der Waals surface area (Å²) in [5.74, 6) is -0.672. The number of carbonyl (C=O) groups excluding carboxylic acids is 1. The minimum Gasteiger partial charge on any atom is -0.458 e. The van der Waals surface area contributed by atoms with E-state index in [2.05, 4.69) is 10.1 Å². The SMILES string of the molecule is Cc1cc(=O)n2nc(COC(=O)[C@H](c3ccc(Cl)cc3)C(C)C)sc2n1. The molecule has 1 atom stereocenters. The number of halogens is 1. The molecule has 0 unspecified atom stereocenters. The van der Waals surface area contributed by atoms with E-state index in [4.69, 9.17) is 16.3 Å². The molecule has 6 nitrogen and oxygen atoms in total. The summed E-state index contributed by atoms with van der Waals surface area (Å²) < 4.78 is 6.69. The van der Waals surface area contributed by atoms with Crippen molar-refractivity contribution in [1.82, 2.24) is 14.6 Å². The number of hydrogen-bond acceptors (Lipinski definition) is 6. The number of ether oxygens (including phenoxy) is 1. The molecule has 0 aliphatic carbocycles. The molecule has 0 aliphatic heterocycles. The maximum atomic E-state index is 12.6. The molecule has 2 heterocycles. The van der Waals surface area contributed by atoms with Crippen molar-refractivity contribution < 1.29 is 9.53 Å². The van der Waals surface area contributed by atoms with Crippen LogP contribution in [0.1, 0.15) is 36.0 Å². The lowest BCUT2D eigenvalue weighted by molar-refractivity contribution is -0.148. The Labute approximate surface area is 159 Å². The highest BCUT2D eigenvalue weighted by Crippen LogP contribution is 2.27. The summed E-state index contributed by atoms with van der Waals surface area (Å²) in [5, 5.41) is 5.32. The molecule has 26 heavy (non-hydrogen) atoms. The molecule has 0 spiro atoms. The minimum atomic E-state index is -0.398. The lowest BCUT2D eigenvalue weighted by Crippen LogP contribution is -2.21. The summed E-state index contributed by atoms with van der Waals surface area (Å²) in [5.41, 5.74) is 1.24. The van der Waals surface area contributed by atoms with Crippen molar-refractivity contribution in [2.24, 2.45) is 5.92 Å². The fourth-order valence-corrected chi connectivity index (χ4v) is 3.69. The molecule has 0 N–H and O–H groups in total. The third-order valence-corrected chi connectivity index (χ3v) is 5.04. The van der Waals surface area contributed by atoms with Gasteiger partial charge in [0.15, 0.2) is 5.01 Å². The van der Waals surface area contributed by atoms with Crippen molar-refractivity contribution in [2.45, 2.75) is 33.3 Å². The Bertz CT molecular complexity index is 995. The van der Waals surface area contributed by atoms with Crippen LogP contribution in [0.25, 0.3) is 4.96 Å². The van der Waals surface area contributed by atoms with Gasteiger partial charge in [0.05, 0.1) is 5.92 Å². The van der Waals surface area contributed by atoms with E-state index in [0.29, 0.717) is 20.7 Å². The second kappa shape index (κ2) is 7.55. The van der Waals surface area contributed by atoms with Crippen LogP contribution in [0.3, 0.4) is 0 Å². The van der Waals surface area contributed by atoms with E-state index in [1.807, 2.05) is 26.0 Å². The largest absolute Gasteiger partial charge is 0.458 e. The molecule has 0 aliphatic rings. The summed E-state index contributed by atoms with van der Waals surface area (Å²) in [6, 6.07) is 8.59. The summed E-state index contributed by atoms with van der Waals surface area (Å²) in [6.07, 6.45) is 0. The predicted octanol–water partition coefficient (Wildman–Crippen LogP) is 3.60. The number of aromatic nitrogens is 3. The van der Waals surface area contributed by atoms with Crippen LogP contribution in [0.15, 0.2) is 35.1 Å². The van der Waals surface area contributed by atoms with E-state index >= 15 is 0 Å². The Morgan fingerprint density at radius 1 is 1.31 bits per heavy atom. The first kappa shape index (κ1) is 18.5. The topological polar surface area (TPSA) is 73.6 Å². The summed E-state index contributed by atoms with van der Waals surface area (Å²) in [4.78, 5) is 29.3. The highest BCUT2D eigenvalue weighted by atomic mass is 35.5. The third kappa shape index (κ3) is 3.94. The van der Waals surface area contributed by atoms with Crippen molar-refractivity contribution >= 4 is 33.9 Å². The van der Waals surface area contributed by atoms with Crippen LogP contribution in [0, 0.1) is 12.8 Å². The first-order valence-corrected chi connectivity index (χ1v) is 9.33. The van der Waals surface area contributed by atoms with Crippen LogP contribution in [-0.4, -0.2) is 20.6 Å². The molecule has 0 saturated carbocycles. The van der Waals surface area contributed by atoms with Gasteiger partial charge in [-0.05, 0) is 30.5 Å². The van der Waals surface area contributed by atoms with Gasteiger partial charge in [-0.3, -0.25) is 9.59 Å². The third-order valence-electron chi connectivity index (χ3n) is 3.90. The Balaban J connectivity index is 1.77. The molecule has 2 aromatic heterocycles. The second-order valence-electron chi connectivity index (χ2n) is 6.31. The Morgan fingerprint density at radius 3 is 2.65 bits per heavy atom. The highest BCUT2D eigenvalue weighted by molar-refractivity contribution is 7.16. The number of hydrogen-bond donors (Lipinski definition) is 0. The van der Waals surface area contributed by atoms with Crippen LogP contribution in [0.2, 0.25) is 5.02 Å². The van der Waals surface area contributed by atoms with Gasteiger partial charge < -0.3 is 4.74 Å². The molecule has 3 aromatic rings. The number of fused-ring (bicyclic) bond motifs is 1. The Morgan fingerprint density at radius 2 is 2.00 bits per heavy atom. The molecule has 0 saturated heterocycles. The van der Waals surface area contributed by atoms with E-state index < -0.39 is 5.92 Å². The molecule has 1 aromatic carbocycles. The first-order valence-electron chi connectivity index (χ1n) is 8.13. The maximum absolute atomic E-state index is 12.6. The van der Waals surface area contributed by atoms with Gasteiger partial charge in [-0.1, -0.05) is 48.9 Å². The zero-order valence-corrected chi connectivity index (χ0v) is 16.2. The normalized spacial score (nSPS) is 12.5. The minimum absolute atomic E-state index is 0.00214. The number of rotatable bonds is 5. The number of esters is 1. The van der Waals surface area contributed by atoms with Crippen molar-refractivity contribution in [3.05, 3.63) is 62.0 Å². The van der Waals surface area contributed by atoms with Gasteiger partial charge in [0, 0.05) is 16.8 Å². The fourth-order valence-electron chi connectivity index (χ4n) is 2.70. The Kier molecular flexibility index (Phi) is 5.38. The van der Waals surface area contributed by atoms with Crippen LogP contribution in [-0.2, 0) is 16.1 Å². The number of carbonyl (C=O) groups is 1. The number of nitrogens with zero attached hydrogens (tertiary/aromatic N) is 3. The van der Waals surface area contributed by atoms with Gasteiger partial charge in [0.25, 0.3) is 5.56 Å². The molecular formula is C18H18ClN3O3S. The quantitative estimate of drug-likeness (QED) is 0.621. The average molecular weight is 392 g/mol. The smallest absolute Gasteiger partial charge is 0.314 e. The predicted molar refractivity (Wildman–Crippen MR) is 101 cm³/mol. The van der Waals surface area contributed by atoms with Gasteiger partial charge in [-0.25, -0.2) is 4.98 Å². The lowest BCUT2D eigenvalue weighted by Gasteiger charge is -2.19. The van der Waals surface area contributed by atoms with E-state index in [0.717, 1.165) is 5.56 Å². The second-order valence-corrected chi connectivity index (χ2v) is 7.78. The number of benzene rings is 1. The van der Waals surface area contributed by atoms with Crippen molar-refractivity contribution in [1.29, 1.82) is 0 Å². The van der Waals surface area contributed by atoms with Crippen LogP contribution in [0.5, 0.6) is 0 Å². The lowest BCUT2D eigenvalue weighted by atomic mass is 9.88. The fraction of sp³-hybridized carbons (Fsp3) is 0.333. The molecule has 3 rings (SSSR count). The van der Waals surface area contributed by atoms with Crippen molar-refractivity contribution in [3.63, 3.8) is 0 Å². The summed E-state index contributed by atoms with van der Waals surface area (Å²) in [6.45, 7) is 5.68. The first-order chi connectivity index (χ1) is 12.3. The van der Waals surface area contributed by atoms with E-state index in [9.17, 15) is 9.59 Å². The van der Waals surface area contributed by atoms with Gasteiger partial charge in [0.2, 0.25) is 4.96 Å². The van der Waals surface area contributed by atoms with Crippen LogP contribution in [0.4, 0.5) is 0 Å². The Hall–Kier alpha value is -2.25. The maximum Gasteiger partial charge on any atom is 0.314 e. The molecule has 0 bridgehead atoms. The summed E-state index contributed by atoms with van der Waals surface area (Å²) in [7, 11) is 0. The molecule has 0 amide bonds. The van der Waals surface area contributed by atoms with E-state index in [1.54, 1.807) is 19.1 Å². The van der Waals surface area contributed by atoms with Gasteiger partial charge in [-0.2, -0.15) is 9.61 Å². The molecule has 0 fully saturated rings.